The summed E-state index contributed by atoms with van der Waals surface area (Å²) in [6, 6.07) is 8.43. The third kappa shape index (κ3) is 3.94. The second kappa shape index (κ2) is 7.80. The van der Waals surface area contributed by atoms with Crippen LogP contribution in [0.5, 0.6) is 0 Å². The third-order valence-electron chi connectivity index (χ3n) is 5.24. The van der Waals surface area contributed by atoms with Gasteiger partial charge in [-0.15, -0.1) is 0 Å². The van der Waals surface area contributed by atoms with Crippen LogP contribution in [0, 0.1) is 6.92 Å². The Balaban J connectivity index is 1.38. The number of aromatic nitrogens is 2. The highest BCUT2D eigenvalue weighted by molar-refractivity contribution is 5.55. The van der Waals surface area contributed by atoms with Crippen molar-refractivity contribution in [2.75, 3.05) is 39.4 Å². The molecule has 2 atom stereocenters. The van der Waals surface area contributed by atoms with Gasteiger partial charge in [0.15, 0.2) is 5.82 Å². The molecule has 0 amide bonds. The second-order valence-corrected chi connectivity index (χ2v) is 7.26. The molecular formula is C20H26N4O2. The molecule has 6 nitrogen and oxygen atoms in total. The molecule has 1 N–H and O–H groups in total. The minimum atomic E-state index is -0.305. The number of nitrogens with zero attached hydrogens (tertiary/aromatic N) is 4. The van der Waals surface area contributed by atoms with Crippen molar-refractivity contribution in [1.82, 2.24) is 19.8 Å². The Labute approximate surface area is 154 Å². The molecule has 138 valence electrons. The van der Waals surface area contributed by atoms with Crippen molar-refractivity contribution in [2.24, 2.45) is 0 Å². The molecule has 26 heavy (non-hydrogen) atoms. The Morgan fingerprint density at radius 1 is 1.15 bits per heavy atom. The van der Waals surface area contributed by atoms with E-state index in [-0.39, 0.29) is 12.1 Å². The van der Waals surface area contributed by atoms with Crippen LogP contribution in [-0.4, -0.2) is 76.4 Å². The molecule has 0 aliphatic carbocycles. The van der Waals surface area contributed by atoms with Gasteiger partial charge in [0, 0.05) is 62.3 Å². The van der Waals surface area contributed by atoms with Crippen molar-refractivity contribution in [3.05, 3.63) is 47.8 Å². The fourth-order valence-corrected chi connectivity index (χ4v) is 3.87. The predicted octanol–water partition coefficient (Wildman–Crippen LogP) is 1.33. The maximum Gasteiger partial charge on any atom is 0.159 e. The van der Waals surface area contributed by atoms with Crippen LogP contribution < -0.4 is 0 Å². The van der Waals surface area contributed by atoms with Gasteiger partial charge in [0.1, 0.15) is 0 Å². The van der Waals surface area contributed by atoms with E-state index in [0.717, 1.165) is 56.3 Å². The molecule has 0 spiro atoms. The van der Waals surface area contributed by atoms with Crippen LogP contribution in [0.3, 0.4) is 0 Å². The smallest absolute Gasteiger partial charge is 0.159 e. The second-order valence-electron chi connectivity index (χ2n) is 7.26. The zero-order valence-corrected chi connectivity index (χ0v) is 15.2. The summed E-state index contributed by atoms with van der Waals surface area (Å²) < 4.78 is 5.42. The van der Waals surface area contributed by atoms with E-state index in [9.17, 15) is 5.11 Å². The van der Waals surface area contributed by atoms with E-state index >= 15 is 0 Å². The van der Waals surface area contributed by atoms with E-state index in [1.807, 2.05) is 24.5 Å². The summed E-state index contributed by atoms with van der Waals surface area (Å²) in [7, 11) is 0. The number of β-amino-alcohol motifs (C(OH)–C–C–N with tert-alkyl or cyclic N) is 1. The minimum Gasteiger partial charge on any atom is -0.390 e. The summed E-state index contributed by atoms with van der Waals surface area (Å²) in [4.78, 5) is 13.7. The number of aryl methyl sites for hydroxylation is 1. The number of benzene rings is 1. The number of likely N-dealkylation sites (tertiary alicyclic amines) is 1. The van der Waals surface area contributed by atoms with E-state index in [1.165, 1.54) is 5.56 Å². The highest BCUT2D eigenvalue weighted by Gasteiger charge is 2.35. The van der Waals surface area contributed by atoms with Crippen LogP contribution in [-0.2, 0) is 11.3 Å². The van der Waals surface area contributed by atoms with Crippen LogP contribution in [0.4, 0.5) is 0 Å². The summed E-state index contributed by atoms with van der Waals surface area (Å²) in [5, 5.41) is 10.5. The average Bonchev–Trinajstić information content (AvgIpc) is 3.03. The molecule has 2 saturated heterocycles. The van der Waals surface area contributed by atoms with Gasteiger partial charge in [0.25, 0.3) is 0 Å². The fraction of sp³-hybridized carbons (Fsp3) is 0.500. The Morgan fingerprint density at radius 3 is 2.65 bits per heavy atom. The van der Waals surface area contributed by atoms with Crippen molar-refractivity contribution < 1.29 is 9.84 Å². The van der Waals surface area contributed by atoms with Gasteiger partial charge in [-0.05, 0) is 13.0 Å². The molecule has 2 aromatic rings. The van der Waals surface area contributed by atoms with E-state index in [1.54, 1.807) is 0 Å². The standard InChI is InChI=1S/C20H26N4O2/c1-15-3-2-4-17(9-15)20-21-10-16(11-22-20)12-23-13-18(19(25)14-23)24-5-7-26-8-6-24/h2-4,9-11,18-19,25H,5-8,12-14H2,1H3/t18-,19-/m0/s1. The quantitative estimate of drug-likeness (QED) is 0.894. The molecule has 2 fully saturated rings. The zero-order chi connectivity index (χ0) is 17.9. The first-order valence-corrected chi connectivity index (χ1v) is 9.29. The molecule has 0 bridgehead atoms. The number of hydrogen-bond acceptors (Lipinski definition) is 6. The highest BCUT2D eigenvalue weighted by Crippen LogP contribution is 2.20. The van der Waals surface area contributed by atoms with Crippen molar-refractivity contribution in [1.29, 1.82) is 0 Å². The fourth-order valence-electron chi connectivity index (χ4n) is 3.87. The number of morpholine rings is 1. The van der Waals surface area contributed by atoms with E-state index < -0.39 is 0 Å². The van der Waals surface area contributed by atoms with E-state index in [2.05, 4.69) is 38.8 Å². The van der Waals surface area contributed by atoms with Gasteiger partial charge in [0.05, 0.1) is 19.3 Å². The molecule has 1 aromatic heterocycles. The van der Waals surface area contributed by atoms with E-state index in [4.69, 9.17) is 4.74 Å². The largest absolute Gasteiger partial charge is 0.390 e. The van der Waals surface area contributed by atoms with Gasteiger partial charge in [0.2, 0.25) is 0 Å². The van der Waals surface area contributed by atoms with Gasteiger partial charge >= 0.3 is 0 Å². The van der Waals surface area contributed by atoms with Gasteiger partial charge in [-0.2, -0.15) is 0 Å². The van der Waals surface area contributed by atoms with Crippen molar-refractivity contribution in [3.63, 3.8) is 0 Å². The molecular weight excluding hydrogens is 328 g/mol. The Morgan fingerprint density at radius 2 is 1.92 bits per heavy atom. The molecule has 2 aliphatic rings. The molecule has 0 unspecified atom stereocenters. The van der Waals surface area contributed by atoms with Crippen LogP contribution in [0.25, 0.3) is 11.4 Å². The normalized spacial score (nSPS) is 24.8. The number of aliphatic hydroxyl groups excluding tert-OH is 1. The van der Waals surface area contributed by atoms with Crippen LogP contribution in [0.2, 0.25) is 0 Å². The Bertz CT molecular complexity index is 731. The van der Waals surface area contributed by atoms with Crippen molar-refractivity contribution in [3.8, 4) is 11.4 Å². The first-order chi connectivity index (χ1) is 12.7. The summed E-state index contributed by atoms with van der Waals surface area (Å²) >= 11 is 0. The summed E-state index contributed by atoms with van der Waals surface area (Å²) in [6.45, 7) is 7.75. The van der Waals surface area contributed by atoms with Crippen LogP contribution >= 0.6 is 0 Å². The SMILES string of the molecule is Cc1cccc(-c2ncc(CN3C[C@H](O)[C@@H](N4CCOCC4)C3)cn2)c1. The van der Waals surface area contributed by atoms with Crippen LogP contribution in [0.15, 0.2) is 36.7 Å². The number of ether oxygens (including phenoxy) is 1. The lowest BCUT2D eigenvalue weighted by Crippen LogP contribution is -2.48. The zero-order valence-electron chi connectivity index (χ0n) is 15.2. The highest BCUT2D eigenvalue weighted by atomic mass is 16.5. The van der Waals surface area contributed by atoms with Gasteiger partial charge in [-0.1, -0.05) is 23.8 Å². The first kappa shape index (κ1) is 17.5. The van der Waals surface area contributed by atoms with Crippen LogP contribution in [0.1, 0.15) is 11.1 Å². The number of rotatable bonds is 4. The predicted molar refractivity (Wildman–Crippen MR) is 99.7 cm³/mol. The van der Waals surface area contributed by atoms with E-state index in [0.29, 0.717) is 6.54 Å². The minimum absolute atomic E-state index is 0.200. The Hall–Kier alpha value is -1.86. The summed E-state index contributed by atoms with van der Waals surface area (Å²) in [5.41, 5.74) is 3.33. The molecule has 1 aromatic carbocycles. The molecule has 6 heteroatoms. The van der Waals surface area contributed by atoms with Crippen molar-refractivity contribution >= 4 is 0 Å². The molecule has 0 saturated carbocycles. The third-order valence-corrected chi connectivity index (χ3v) is 5.24. The maximum atomic E-state index is 10.5. The Kier molecular flexibility index (Phi) is 5.26. The lowest BCUT2D eigenvalue weighted by molar-refractivity contribution is -0.00618. The number of hydrogen-bond donors (Lipinski definition) is 1. The summed E-state index contributed by atoms with van der Waals surface area (Å²) in [6.07, 6.45) is 3.50. The first-order valence-electron chi connectivity index (χ1n) is 9.29. The lowest BCUT2D eigenvalue weighted by atomic mass is 10.1. The van der Waals surface area contributed by atoms with Crippen molar-refractivity contribution in [2.45, 2.75) is 25.6 Å². The topological polar surface area (TPSA) is 61.7 Å². The monoisotopic (exact) mass is 354 g/mol. The molecule has 2 aliphatic heterocycles. The summed E-state index contributed by atoms with van der Waals surface area (Å²) in [5.74, 6) is 0.755. The lowest BCUT2D eigenvalue weighted by Gasteiger charge is -2.33. The molecule has 3 heterocycles. The molecule has 4 rings (SSSR count). The van der Waals surface area contributed by atoms with Gasteiger partial charge in [-0.3, -0.25) is 9.80 Å². The maximum absolute atomic E-state index is 10.5. The average molecular weight is 354 g/mol. The molecule has 0 radical (unpaired) electrons. The van der Waals surface area contributed by atoms with Gasteiger partial charge < -0.3 is 9.84 Å². The van der Waals surface area contributed by atoms with Gasteiger partial charge in [-0.25, -0.2) is 9.97 Å². The number of aliphatic hydroxyl groups is 1.